The monoisotopic (exact) mass is 477 g/mol. The summed E-state index contributed by atoms with van der Waals surface area (Å²) < 4.78 is 27.3. The van der Waals surface area contributed by atoms with E-state index in [1.165, 1.54) is 6.07 Å². The average Bonchev–Trinajstić information content (AvgIpc) is 3.38. The molecule has 0 bridgehead atoms. The molecule has 160 valence electrons. The molecule has 0 saturated carbocycles. The van der Waals surface area contributed by atoms with Gasteiger partial charge >= 0.3 is 0 Å². The first kappa shape index (κ1) is 21.2. The number of carbonyl (C=O) groups excluding carboxylic acids is 2. The van der Waals surface area contributed by atoms with E-state index in [0.29, 0.717) is 35.7 Å². The van der Waals surface area contributed by atoms with Gasteiger partial charge in [0.1, 0.15) is 0 Å². The number of sulfonamides is 1. The second-order valence-corrected chi connectivity index (χ2v) is 9.85. The van der Waals surface area contributed by atoms with Gasteiger partial charge in [0.15, 0.2) is 0 Å². The third-order valence-electron chi connectivity index (χ3n) is 4.48. The number of amides is 2. The van der Waals surface area contributed by atoms with Crippen LogP contribution < -0.4 is 14.9 Å². The number of benzene rings is 2. The second kappa shape index (κ2) is 8.61. The van der Waals surface area contributed by atoms with E-state index in [1.54, 1.807) is 47.4 Å². The Labute approximate surface area is 187 Å². The Morgan fingerprint density at radius 3 is 2.52 bits per heavy atom. The molecule has 3 aromatic rings. The molecule has 1 fully saturated rings. The van der Waals surface area contributed by atoms with E-state index in [1.807, 2.05) is 0 Å². The maximum Gasteiger partial charge on any atom is 0.291 e. The van der Waals surface area contributed by atoms with E-state index < -0.39 is 15.9 Å². The quantitative estimate of drug-likeness (QED) is 0.525. The molecule has 0 spiro atoms. The Kier molecular flexibility index (Phi) is 5.90. The topological polar surface area (TPSA) is 121 Å². The van der Waals surface area contributed by atoms with Gasteiger partial charge in [-0.05, 0) is 42.8 Å². The first-order valence-corrected chi connectivity index (χ1v) is 11.8. The first-order valence-electron chi connectivity index (χ1n) is 9.16. The predicted octanol–water partition coefficient (Wildman–Crippen LogP) is 3.37. The van der Waals surface area contributed by atoms with Gasteiger partial charge in [-0.25, -0.2) is 0 Å². The van der Waals surface area contributed by atoms with Crippen molar-refractivity contribution >= 4 is 61.3 Å². The minimum atomic E-state index is -4.01. The van der Waals surface area contributed by atoms with Gasteiger partial charge in [0.25, 0.3) is 20.3 Å². The molecular formula is C19H16ClN5O4S2. The third kappa shape index (κ3) is 4.68. The minimum absolute atomic E-state index is 0.0215. The highest BCUT2D eigenvalue weighted by Crippen LogP contribution is 2.26. The highest BCUT2D eigenvalue weighted by molar-refractivity contribution is 7.94. The van der Waals surface area contributed by atoms with E-state index >= 15 is 0 Å². The maximum atomic E-state index is 12.6. The molecule has 2 heterocycles. The molecule has 2 amide bonds. The van der Waals surface area contributed by atoms with Gasteiger partial charge in [0.2, 0.25) is 11.0 Å². The summed E-state index contributed by atoms with van der Waals surface area (Å²) in [4.78, 5) is 25.8. The lowest BCUT2D eigenvalue weighted by atomic mass is 10.2. The van der Waals surface area contributed by atoms with Crippen molar-refractivity contribution in [2.75, 3.05) is 21.5 Å². The third-order valence-corrected chi connectivity index (χ3v) is 7.40. The SMILES string of the molecule is O=C(Nc1nnc(S(=O)(=O)Nc2ccc(N3CCCC3=O)cc2)s1)c1ccccc1Cl. The summed E-state index contributed by atoms with van der Waals surface area (Å²) in [5, 5.41) is 10.2. The Morgan fingerprint density at radius 2 is 1.84 bits per heavy atom. The van der Waals surface area contributed by atoms with Crippen molar-refractivity contribution in [3.8, 4) is 0 Å². The van der Waals surface area contributed by atoms with Gasteiger partial charge in [-0.15, -0.1) is 10.2 Å². The van der Waals surface area contributed by atoms with E-state index in [0.717, 1.165) is 6.42 Å². The summed E-state index contributed by atoms with van der Waals surface area (Å²) in [5.41, 5.74) is 1.26. The van der Waals surface area contributed by atoms with Crippen LogP contribution in [0.15, 0.2) is 52.9 Å². The van der Waals surface area contributed by atoms with Gasteiger partial charge in [0.05, 0.1) is 10.6 Å². The summed E-state index contributed by atoms with van der Waals surface area (Å²) in [5.74, 6) is -0.473. The molecular weight excluding hydrogens is 462 g/mol. The number of rotatable bonds is 6. The van der Waals surface area contributed by atoms with Crippen LogP contribution in [-0.2, 0) is 14.8 Å². The van der Waals surface area contributed by atoms with Crippen molar-refractivity contribution < 1.29 is 18.0 Å². The zero-order valence-electron chi connectivity index (χ0n) is 15.9. The largest absolute Gasteiger partial charge is 0.312 e. The maximum absolute atomic E-state index is 12.6. The van der Waals surface area contributed by atoms with Crippen molar-refractivity contribution in [2.24, 2.45) is 0 Å². The van der Waals surface area contributed by atoms with Crippen molar-refractivity contribution in [3.05, 3.63) is 59.1 Å². The predicted molar refractivity (Wildman–Crippen MR) is 118 cm³/mol. The summed E-state index contributed by atoms with van der Waals surface area (Å²) in [6.07, 6.45) is 1.32. The zero-order valence-corrected chi connectivity index (χ0v) is 18.3. The molecule has 1 saturated heterocycles. The van der Waals surface area contributed by atoms with Crippen molar-refractivity contribution in [3.63, 3.8) is 0 Å². The minimum Gasteiger partial charge on any atom is -0.312 e. The number of anilines is 3. The molecule has 9 nitrogen and oxygen atoms in total. The first-order chi connectivity index (χ1) is 14.8. The smallest absolute Gasteiger partial charge is 0.291 e. The van der Waals surface area contributed by atoms with Crippen LogP contribution in [0.5, 0.6) is 0 Å². The van der Waals surface area contributed by atoms with E-state index in [9.17, 15) is 18.0 Å². The molecule has 12 heteroatoms. The zero-order chi connectivity index (χ0) is 22.0. The molecule has 0 atom stereocenters. The van der Waals surface area contributed by atoms with Crippen LogP contribution in [0.3, 0.4) is 0 Å². The number of hydrogen-bond acceptors (Lipinski definition) is 7. The molecule has 0 aliphatic carbocycles. The summed E-state index contributed by atoms with van der Waals surface area (Å²) in [7, 11) is -4.01. The number of nitrogens with zero attached hydrogens (tertiary/aromatic N) is 3. The van der Waals surface area contributed by atoms with Gasteiger partial charge < -0.3 is 4.90 Å². The van der Waals surface area contributed by atoms with Crippen LogP contribution in [0.2, 0.25) is 5.02 Å². The van der Waals surface area contributed by atoms with Crippen LogP contribution in [0, 0.1) is 0 Å². The molecule has 0 unspecified atom stereocenters. The van der Waals surface area contributed by atoms with Crippen LogP contribution in [0.1, 0.15) is 23.2 Å². The van der Waals surface area contributed by atoms with Gasteiger partial charge in [-0.3, -0.25) is 19.6 Å². The van der Waals surface area contributed by atoms with Crippen LogP contribution >= 0.6 is 22.9 Å². The Morgan fingerprint density at radius 1 is 1.10 bits per heavy atom. The van der Waals surface area contributed by atoms with Crippen LogP contribution in [-0.4, -0.2) is 37.0 Å². The average molecular weight is 478 g/mol. The van der Waals surface area contributed by atoms with Gasteiger partial charge in [-0.1, -0.05) is 35.1 Å². The fourth-order valence-electron chi connectivity index (χ4n) is 3.01. The number of aromatic nitrogens is 2. The number of carbonyl (C=O) groups is 2. The Hall–Kier alpha value is -3.02. The number of hydrogen-bond donors (Lipinski definition) is 2. The fourth-order valence-corrected chi connectivity index (χ4v) is 5.18. The second-order valence-electron chi connectivity index (χ2n) is 6.61. The highest BCUT2D eigenvalue weighted by atomic mass is 35.5. The lowest BCUT2D eigenvalue weighted by Gasteiger charge is -2.16. The van der Waals surface area contributed by atoms with E-state index in [4.69, 9.17) is 11.6 Å². The summed E-state index contributed by atoms with van der Waals surface area (Å²) in [6.45, 7) is 0.650. The standard InChI is InChI=1S/C19H16ClN5O4S2/c20-15-5-2-1-4-14(15)17(27)21-18-22-23-19(30-18)31(28,29)24-12-7-9-13(10-8-12)25-11-3-6-16(25)26/h1-2,4-5,7-10,24H,3,6,11H2,(H,21,22,27). The van der Waals surface area contributed by atoms with E-state index in [-0.39, 0.29) is 26.0 Å². The molecule has 4 rings (SSSR count). The van der Waals surface area contributed by atoms with Gasteiger partial charge in [0, 0.05) is 24.3 Å². The molecule has 2 aromatic carbocycles. The molecule has 0 radical (unpaired) electrons. The molecule has 2 N–H and O–H groups in total. The van der Waals surface area contributed by atoms with Crippen LogP contribution in [0.4, 0.5) is 16.5 Å². The van der Waals surface area contributed by atoms with Crippen molar-refractivity contribution in [1.29, 1.82) is 0 Å². The fraction of sp³-hybridized carbons (Fsp3) is 0.158. The number of nitrogens with one attached hydrogen (secondary N) is 2. The lowest BCUT2D eigenvalue weighted by Crippen LogP contribution is -2.23. The van der Waals surface area contributed by atoms with Crippen molar-refractivity contribution in [1.82, 2.24) is 10.2 Å². The molecule has 1 aliphatic heterocycles. The summed E-state index contributed by atoms with van der Waals surface area (Å²) >= 11 is 6.70. The van der Waals surface area contributed by atoms with Crippen molar-refractivity contribution in [2.45, 2.75) is 17.2 Å². The molecule has 1 aliphatic rings. The van der Waals surface area contributed by atoms with Crippen LogP contribution in [0.25, 0.3) is 0 Å². The number of halogens is 1. The lowest BCUT2D eigenvalue weighted by molar-refractivity contribution is -0.117. The van der Waals surface area contributed by atoms with E-state index in [2.05, 4.69) is 20.2 Å². The normalized spacial score (nSPS) is 14.0. The van der Waals surface area contributed by atoms with Gasteiger partial charge in [-0.2, -0.15) is 8.42 Å². The Balaban J connectivity index is 1.45. The highest BCUT2D eigenvalue weighted by Gasteiger charge is 2.23. The molecule has 31 heavy (non-hydrogen) atoms. The molecule has 1 aromatic heterocycles. The summed E-state index contributed by atoms with van der Waals surface area (Å²) in [6, 6.07) is 13.0. The Bertz CT molecular complexity index is 1240.